The molecule has 4 nitrogen and oxygen atoms in total. The molecule has 0 spiro atoms. The van der Waals surface area contributed by atoms with Crippen molar-refractivity contribution in [1.29, 1.82) is 0 Å². The summed E-state index contributed by atoms with van der Waals surface area (Å²) >= 11 is 6.06. The van der Waals surface area contributed by atoms with Crippen LogP contribution >= 0.6 is 11.6 Å². The van der Waals surface area contributed by atoms with Crippen molar-refractivity contribution >= 4 is 25.4 Å². The zero-order valence-corrected chi connectivity index (χ0v) is 8.82. The first-order chi connectivity index (χ1) is 6.39. The molecule has 0 aromatic rings. The zero-order chi connectivity index (χ0) is 10.9. The lowest BCUT2D eigenvalue weighted by atomic mass is 9.85. The Bertz CT molecular complexity index is 233. The summed E-state index contributed by atoms with van der Waals surface area (Å²) in [5.41, 5.74) is 0. The summed E-state index contributed by atoms with van der Waals surface area (Å²) in [7, 11) is 5.59. The van der Waals surface area contributed by atoms with Crippen LogP contribution in [0.4, 0.5) is 0 Å². The number of halogens is 1. The number of aliphatic hydroxyl groups excluding tert-OH is 1. The normalized spacial score (nSPS) is 42.4. The van der Waals surface area contributed by atoms with Crippen LogP contribution in [0.5, 0.6) is 0 Å². The molecule has 14 heavy (non-hydrogen) atoms. The van der Waals surface area contributed by atoms with Crippen molar-refractivity contribution in [2.24, 2.45) is 0 Å². The first-order valence-electron chi connectivity index (χ1n) is 4.27. The van der Waals surface area contributed by atoms with E-state index < -0.39 is 29.1 Å². The third-order valence-electron chi connectivity index (χ3n) is 2.24. The fraction of sp³-hybridized carbons (Fsp3) is 0.875. The summed E-state index contributed by atoms with van der Waals surface area (Å²) in [5.74, 6) is -0.474. The summed E-state index contributed by atoms with van der Waals surface area (Å²) in [5, 5.41) is 8.97. The van der Waals surface area contributed by atoms with Gasteiger partial charge in [-0.2, -0.15) is 0 Å². The smallest absolute Gasteiger partial charge is 0.303 e. The predicted molar refractivity (Wildman–Crippen MR) is 51.3 cm³/mol. The molecule has 0 aromatic heterocycles. The number of rotatable bonds is 2. The Hall–Kier alpha value is -0.255. The van der Waals surface area contributed by atoms with Gasteiger partial charge >= 0.3 is 5.97 Å². The second-order valence-electron chi connectivity index (χ2n) is 3.46. The van der Waals surface area contributed by atoms with E-state index in [0.717, 1.165) is 0 Å². The standard InChI is InChI=1S/C8H12BClO4/c1-4(12)13-6-5(3-11)14-7(9)8(6,2)10/h5-7,11H,3H2,1-2H3/t5-,6-,7-,8+/m1/s1. The maximum atomic E-state index is 10.8. The Labute approximate surface area is 88.9 Å². The molecule has 78 valence electrons. The van der Waals surface area contributed by atoms with E-state index in [9.17, 15) is 4.79 Å². The number of ether oxygens (including phenoxy) is 2. The molecular weight excluding hydrogens is 206 g/mol. The largest absolute Gasteiger partial charge is 0.458 e. The van der Waals surface area contributed by atoms with E-state index >= 15 is 0 Å². The number of hydrogen-bond acceptors (Lipinski definition) is 4. The molecule has 1 N–H and O–H groups in total. The van der Waals surface area contributed by atoms with E-state index in [1.54, 1.807) is 6.92 Å². The van der Waals surface area contributed by atoms with Crippen molar-refractivity contribution in [2.75, 3.05) is 6.61 Å². The predicted octanol–water partition coefficient (Wildman–Crippen LogP) is -0.199. The van der Waals surface area contributed by atoms with Crippen LogP contribution in [-0.4, -0.2) is 48.6 Å². The average Bonchev–Trinajstić information content (AvgIpc) is 2.28. The van der Waals surface area contributed by atoms with Gasteiger partial charge in [-0.3, -0.25) is 4.79 Å². The number of carbonyl (C=O) groups excluding carboxylic acids is 1. The highest BCUT2D eigenvalue weighted by molar-refractivity contribution is 6.30. The molecule has 0 unspecified atom stereocenters. The minimum atomic E-state index is -1.00. The minimum absolute atomic E-state index is 0.284. The molecule has 1 aliphatic heterocycles. The second-order valence-corrected chi connectivity index (χ2v) is 4.27. The molecule has 1 heterocycles. The molecule has 0 saturated carbocycles. The molecule has 6 heteroatoms. The first kappa shape index (κ1) is 11.8. The lowest BCUT2D eigenvalue weighted by molar-refractivity contribution is -0.150. The van der Waals surface area contributed by atoms with Gasteiger partial charge in [0.05, 0.1) is 11.5 Å². The highest BCUT2D eigenvalue weighted by atomic mass is 35.5. The van der Waals surface area contributed by atoms with E-state index in [1.165, 1.54) is 6.92 Å². The van der Waals surface area contributed by atoms with Crippen molar-refractivity contribution in [3.8, 4) is 0 Å². The highest BCUT2D eigenvalue weighted by Crippen LogP contribution is 2.37. The van der Waals surface area contributed by atoms with Crippen LogP contribution in [0.25, 0.3) is 0 Å². The van der Waals surface area contributed by atoms with Crippen LogP contribution in [0.1, 0.15) is 13.8 Å². The van der Waals surface area contributed by atoms with Gasteiger partial charge in [0.25, 0.3) is 0 Å². The molecular formula is C8H12BClO4. The summed E-state index contributed by atoms with van der Waals surface area (Å²) in [6.07, 6.45) is -1.38. The molecule has 0 aliphatic carbocycles. The second kappa shape index (κ2) is 4.09. The van der Waals surface area contributed by atoms with E-state index in [4.69, 9.17) is 34.0 Å². The first-order valence-corrected chi connectivity index (χ1v) is 4.65. The number of hydrogen-bond donors (Lipinski definition) is 1. The molecule has 1 aliphatic rings. The Balaban J connectivity index is 2.80. The van der Waals surface area contributed by atoms with Crippen molar-refractivity contribution in [3.05, 3.63) is 0 Å². The third-order valence-corrected chi connectivity index (χ3v) is 2.67. The van der Waals surface area contributed by atoms with Gasteiger partial charge in [0.1, 0.15) is 14.0 Å². The van der Waals surface area contributed by atoms with Gasteiger partial charge in [-0.05, 0) is 6.92 Å². The Morgan fingerprint density at radius 3 is 2.79 bits per heavy atom. The van der Waals surface area contributed by atoms with E-state index in [2.05, 4.69) is 0 Å². The molecule has 1 saturated heterocycles. The molecule has 0 amide bonds. The SMILES string of the molecule is [B][C@@H]1O[C@H](CO)[C@@H](OC(C)=O)[C@]1(C)Cl. The van der Waals surface area contributed by atoms with Gasteiger partial charge in [0.2, 0.25) is 0 Å². The topological polar surface area (TPSA) is 55.8 Å². The van der Waals surface area contributed by atoms with Gasteiger partial charge in [-0.15, -0.1) is 11.6 Å². The summed E-state index contributed by atoms with van der Waals surface area (Å²) in [6, 6.07) is -0.759. The molecule has 2 radical (unpaired) electrons. The average molecular weight is 218 g/mol. The molecule has 1 fully saturated rings. The van der Waals surface area contributed by atoms with Crippen LogP contribution in [0.2, 0.25) is 0 Å². The Kier molecular flexibility index (Phi) is 3.45. The van der Waals surface area contributed by atoms with Crippen molar-refractivity contribution in [2.45, 2.75) is 36.9 Å². The number of alkyl halides is 1. The maximum Gasteiger partial charge on any atom is 0.303 e. The van der Waals surface area contributed by atoms with Crippen LogP contribution in [0.15, 0.2) is 0 Å². The van der Waals surface area contributed by atoms with Gasteiger partial charge < -0.3 is 14.6 Å². The zero-order valence-electron chi connectivity index (χ0n) is 8.07. The third kappa shape index (κ3) is 2.05. The Morgan fingerprint density at radius 1 is 1.79 bits per heavy atom. The minimum Gasteiger partial charge on any atom is -0.458 e. The van der Waals surface area contributed by atoms with Gasteiger partial charge in [0, 0.05) is 12.9 Å². The monoisotopic (exact) mass is 218 g/mol. The van der Waals surface area contributed by atoms with Crippen LogP contribution in [0.3, 0.4) is 0 Å². The fourth-order valence-electron chi connectivity index (χ4n) is 1.43. The Morgan fingerprint density at radius 2 is 2.36 bits per heavy atom. The molecule has 0 aromatic carbocycles. The lowest BCUT2D eigenvalue weighted by Gasteiger charge is -2.26. The molecule has 1 rings (SSSR count). The van der Waals surface area contributed by atoms with Crippen LogP contribution in [0, 0.1) is 0 Å². The summed E-state index contributed by atoms with van der Waals surface area (Å²) in [6.45, 7) is 2.60. The van der Waals surface area contributed by atoms with Crippen molar-refractivity contribution < 1.29 is 19.4 Å². The summed E-state index contributed by atoms with van der Waals surface area (Å²) in [4.78, 5) is 9.80. The highest BCUT2D eigenvalue weighted by Gasteiger charge is 2.51. The van der Waals surface area contributed by atoms with E-state index in [1.807, 2.05) is 0 Å². The fourth-order valence-corrected chi connectivity index (χ4v) is 1.66. The number of carbonyl (C=O) groups is 1. The van der Waals surface area contributed by atoms with Crippen LogP contribution < -0.4 is 0 Å². The van der Waals surface area contributed by atoms with Gasteiger partial charge in [0.15, 0.2) is 6.10 Å². The quantitative estimate of drug-likeness (QED) is 0.396. The maximum absolute atomic E-state index is 10.8. The summed E-state index contributed by atoms with van der Waals surface area (Å²) < 4.78 is 10.1. The number of esters is 1. The molecule has 4 atom stereocenters. The lowest BCUT2D eigenvalue weighted by Crippen LogP contribution is -2.44. The van der Waals surface area contributed by atoms with E-state index in [0.29, 0.717) is 0 Å². The number of aliphatic hydroxyl groups is 1. The van der Waals surface area contributed by atoms with Gasteiger partial charge in [-0.1, -0.05) is 0 Å². The van der Waals surface area contributed by atoms with Crippen molar-refractivity contribution in [1.82, 2.24) is 0 Å². The van der Waals surface area contributed by atoms with E-state index in [-0.39, 0.29) is 6.61 Å². The van der Waals surface area contributed by atoms with Gasteiger partial charge in [-0.25, -0.2) is 0 Å². The van der Waals surface area contributed by atoms with Crippen LogP contribution in [-0.2, 0) is 14.3 Å². The van der Waals surface area contributed by atoms with Crippen molar-refractivity contribution in [3.63, 3.8) is 0 Å². The molecule has 0 bridgehead atoms.